The lowest BCUT2D eigenvalue weighted by Gasteiger charge is -2.25. The third-order valence-electron chi connectivity index (χ3n) is 6.36. The molecule has 4 rings (SSSR count). The third kappa shape index (κ3) is 5.21. The van der Waals surface area contributed by atoms with Gasteiger partial charge in [-0.05, 0) is 37.5 Å². The summed E-state index contributed by atoms with van der Waals surface area (Å²) < 4.78 is 1.89. The van der Waals surface area contributed by atoms with E-state index in [0.29, 0.717) is 12.4 Å². The van der Waals surface area contributed by atoms with E-state index in [1.165, 1.54) is 5.56 Å². The molecule has 2 aromatic carbocycles. The van der Waals surface area contributed by atoms with Gasteiger partial charge in [-0.25, -0.2) is 4.68 Å². The Hall–Kier alpha value is -3.06. The highest BCUT2D eigenvalue weighted by atomic mass is 32.2. The van der Waals surface area contributed by atoms with Gasteiger partial charge >= 0.3 is 0 Å². The van der Waals surface area contributed by atoms with Crippen LogP contribution in [0.4, 0.5) is 5.82 Å². The van der Waals surface area contributed by atoms with Gasteiger partial charge in [0, 0.05) is 17.5 Å². The molecule has 1 aromatic heterocycles. The van der Waals surface area contributed by atoms with E-state index in [9.17, 15) is 9.59 Å². The molecule has 3 aromatic rings. The first kappa shape index (κ1) is 26.0. The molecule has 190 valence electrons. The minimum Gasteiger partial charge on any atom is -0.355 e. The van der Waals surface area contributed by atoms with E-state index < -0.39 is 0 Å². The van der Waals surface area contributed by atoms with Gasteiger partial charge < -0.3 is 5.32 Å². The minimum atomic E-state index is -0.274. The van der Waals surface area contributed by atoms with Gasteiger partial charge in [-0.3, -0.25) is 14.5 Å². The summed E-state index contributed by atoms with van der Waals surface area (Å²) >= 11 is 1.61. The maximum absolute atomic E-state index is 13.6. The Morgan fingerprint density at radius 1 is 1.14 bits per heavy atom. The first-order valence-corrected chi connectivity index (χ1v) is 13.6. The molecule has 0 radical (unpaired) electrons. The number of aromatic nitrogens is 2. The standard InChI is InChI=1S/C29H36N4O2S/c1-7-15-30-23(34)17-32-24(35)18-36-26(21-13-10-11-19(2)16-21)25-27(29(4,5)6)31-33(28(25)32)22-14-9-8-12-20(22)3/h8-14,16,26H,7,15,17-18H2,1-6H3,(H,30,34). The smallest absolute Gasteiger partial charge is 0.240 e. The molecule has 1 N–H and O–H groups in total. The Kier molecular flexibility index (Phi) is 7.59. The number of carbonyl (C=O) groups is 2. The van der Waals surface area contributed by atoms with Crippen LogP contribution in [0.3, 0.4) is 0 Å². The molecule has 1 atom stereocenters. The molecule has 0 bridgehead atoms. The molecule has 6 nitrogen and oxygen atoms in total. The zero-order chi connectivity index (χ0) is 26.0. The number of amides is 2. The molecule has 2 amide bonds. The van der Waals surface area contributed by atoms with Gasteiger partial charge in [0.2, 0.25) is 11.8 Å². The van der Waals surface area contributed by atoms with Crippen molar-refractivity contribution in [3.8, 4) is 5.69 Å². The van der Waals surface area contributed by atoms with Crippen molar-refractivity contribution in [2.24, 2.45) is 0 Å². The van der Waals surface area contributed by atoms with Crippen molar-refractivity contribution in [2.75, 3.05) is 23.7 Å². The summed E-state index contributed by atoms with van der Waals surface area (Å²) in [4.78, 5) is 28.2. The Labute approximate surface area is 218 Å². The van der Waals surface area contributed by atoms with Crippen molar-refractivity contribution in [3.63, 3.8) is 0 Å². The summed E-state index contributed by atoms with van der Waals surface area (Å²) in [5, 5.41) is 8.02. The number of para-hydroxylation sites is 1. The molecule has 2 heterocycles. The fraction of sp³-hybridized carbons (Fsp3) is 0.414. The molecular weight excluding hydrogens is 468 g/mol. The van der Waals surface area contributed by atoms with Crippen LogP contribution in [0.5, 0.6) is 0 Å². The van der Waals surface area contributed by atoms with Crippen LogP contribution in [-0.2, 0) is 15.0 Å². The van der Waals surface area contributed by atoms with Crippen molar-refractivity contribution in [1.82, 2.24) is 15.1 Å². The summed E-state index contributed by atoms with van der Waals surface area (Å²) in [6, 6.07) is 16.5. The minimum absolute atomic E-state index is 0.0336. The van der Waals surface area contributed by atoms with E-state index in [4.69, 9.17) is 5.10 Å². The Bertz CT molecular complexity index is 1270. The van der Waals surface area contributed by atoms with Crippen molar-refractivity contribution >= 4 is 29.4 Å². The molecule has 0 saturated carbocycles. The molecule has 0 aliphatic carbocycles. The van der Waals surface area contributed by atoms with Gasteiger partial charge in [-0.1, -0.05) is 75.7 Å². The maximum atomic E-state index is 13.6. The number of nitrogens with zero attached hydrogens (tertiary/aromatic N) is 3. The summed E-state index contributed by atoms with van der Waals surface area (Å²) in [7, 11) is 0. The third-order valence-corrected chi connectivity index (χ3v) is 7.62. The van der Waals surface area contributed by atoms with E-state index in [-0.39, 0.29) is 34.8 Å². The van der Waals surface area contributed by atoms with Crippen LogP contribution < -0.4 is 10.2 Å². The van der Waals surface area contributed by atoms with Crippen LogP contribution in [0.15, 0.2) is 48.5 Å². The number of carbonyl (C=O) groups excluding carboxylic acids is 2. The summed E-state index contributed by atoms with van der Waals surface area (Å²) in [5.41, 5.74) is 5.94. The first-order chi connectivity index (χ1) is 17.1. The van der Waals surface area contributed by atoms with Crippen LogP contribution in [-0.4, -0.2) is 40.4 Å². The second-order valence-electron chi connectivity index (χ2n) is 10.5. The monoisotopic (exact) mass is 504 g/mol. The highest BCUT2D eigenvalue weighted by Crippen LogP contribution is 2.48. The Balaban J connectivity index is 2.02. The largest absolute Gasteiger partial charge is 0.355 e. The average Bonchev–Trinajstić information content (AvgIpc) is 3.16. The fourth-order valence-electron chi connectivity index (χ4n) is 4.60. The number of benzene rings is 2. The average molecular weight is 505 g/mol. The molecule has 1 unspecified atom stereocenters. The van der Waals surface area contributed by atoms with Crippen molar-refractivity contribution < 1.29 is 9.59 Å². The van der Waals surface area contributed by atoms with E-state index in [2.05, 4.69) is 57.3 Å². The molecule has 0 fully saturated rings. The normalized spacial score (nSPS) is 16.0. The van der Waals surface area contributed by atoms with Crippen LogP contribution in [0.25, 0.3) is 5.69 Å². The van der Waals surface area contributed by atoms with E-state index >= 15 is 0 Å². The molecular formula is C29H36N4O2S. The van der Waals surface area contributed by atoms with E-state index in [1.54, 1.807) is 16.7 Å². The second-order valence-corrected chi connectivity index (χ2v) is 11.6. The van der Waals surface area contributed by atoms with Crippen LogP contribution in [0, 0.1) is 13.8 Å². The zero-order valence-corrected chi connectivity index (χ0v) is 22.9. The lowest BCUT2D eigenvalue weighted by molar-refractivity contribution is -0.122. The van der Waals surface area contributed by atoms with Crippen LogP contribution >= 0.6 is 11.8 Å². The first-order valence-electron chi connectivity index (χ1n) is 12.6. The van der Waals surface area contributed by atoms with Gasteiger partial charge in [0.15, 0.2) is 0 Å². The molecule has 0 saturated heterocycles. The Morgan fingerprint density at radius 2 is 1.89 bits per heavy atom. The SMILES string of the molecule is CCCNC(=O)CN1C(=O)CSC(c2cccc(C)c2)c2c(C(C)(C)C)nn(-c3ccccc3C)c21. The van der Waals surface area contributed by atoms with Crippen molar-refractivity contribution in [2.45, 2.75) is 58.6 Å². The van der Waals surface area contributed by atoms with Gasteiger partial charge in [0.25, 0.3) is 0 Å². The highest BCUT2D eigenvalue weighted by molar-refractivity contribution is 8.00. The van der Waals surface area contributed by atoms with Gasteiger partial charge in [0.1, 0.15) is 12.4 Å². The number of rotatable bonds is 6. The van der Waals surface area contributed by atoms with Gasteiger partial charge in [-0.2, -0.15) is 5.10 Å². The number of fused-ring (bicyclic) bond motifs is 1. The lowest BCUT2D eigenvalue weighted by atomic mass is 9.87. The van der Waals surface area contributed by atoms with Crippen LogP contribution in [0.1, 0.15) is 67.3 Å². The second kappa shape index (κ2) is 10.5. The summed E-state index contributed by atoms with van der Waals surface area (Å²) in [6.45, 7) is 13.2. The molecule has 1 aliphatic heterocycles. The predicted octanol–water partition coefficient (Wildman–Crippen LogP) is 5.48. The predicted molar refractivity (Wildman–Crippen MR) is 148 cm³/mol. The van der Waals surface area contributed by atoms with Crippen LogP contribution in [0.2, 0.25) is 0 Å². The van der Waals surface area contributed by atoms with Gasteiger partial charge in [0.05, 0.1) is 22.4 Å². The molecule has 1 aliphatic rings. The van der Waals surface area contributed by atoms with Crippen molar-refractivity contribution in [1.29, 1.82) is 0 Å². The number of thioether (sulfide) groups is 1. The topological polar surface area (TPSA) is 67.2 Å². The molecule has 0 spiro atoms. The number of hydrogen-bond acceptors (Lipinski definition) is 4. The number of hydrogen-bond donors (Lipinski definition) is 1. The molecule has 36 heavy (non-hydrogen) atoms. The number of aryl methyl sites for hydroxylation is 2. The number of anilines is 1. The van der Waals surface area contributed by atoms with E-state index in [0.717, 1.165) is 34.5 Å². The highest BCUT2D eigenvalue weighted by Gasteiger charge is 2.40. The maximum Gasteiger partial charge on any atom is 0.240 e. The summed E-state index contributed by atoms with van der Waals surface area (Å²) in [5.74, 6) is 0.733. The number of nitrogens with one attached hydrogen (secondary N) is 1. The lowest BCUT2D eigenvalue weighted by Crippen LogP contribution is -2.42. The zero-order valence-electron chi connectivity index (χ0n) is 22.1. The fourth-order valence-corrected chi connectivity index (χ4v) is 5.79. The summed E-state index contributed by atoms with van der Waals surface area (Å²) in [6.07, 6.45) is 0.839. The van der Waals surface area contributed by atoms with E-state index in [1.807, 2.05) is 42.8 Å². The van der Waals surface area contributed by atoms with Crippen molar-refractivity contribution in [3.05, 3.63) is 76.5 Å². The molecule has 7 heteroatoms. The van der Waals surface area contributed by atoms with Gasteiger partial charge in [-0.15, -0.1) is 11.8 Å². The Morgan fingerprint density at radius 3 is 2.56 bits per heavy atom. The quantitative estimate of drug-likeness (QED) is 0.483.